The van der Waals surface area contributed by atoms with Crippen LogP contribution in [0.25, 0.3) is 0 Å². The summed E-state index contributed by atoms with van der Waals surface area (Å²) in [6.07, 6.45) is 1.75. The van der Waals surface area contributed by atoms with Crippen LogP contribution in [-0.2, 0) is 0 Å². The Morgan fingerprint density at radius 3 is 1.81 bits per heavy atom. The summed E-state index contributed by atoms with van der Waals surface area (Å²) in [7, 11) is 0. The lowest BCUT2D eigenvalue weighted by Gasteiger charge is -2.24. The smallest absolute Gasteiger partial charge is 0.0823 e. The van der Waals surface area contributed by atoms with E-state index in [0.717, 1.165) is 18.4 Å². The van der Waals surface area contributed by atoms with E-state index in [1.165, 1.54) is 16.7 Å². The van der Waals surface area contributed by atoms with E-state index in [1.54, 1.807) is 0 Å². The van der Waals surface area contributed by atoms with Crippen LogP contribution >= 0.6 is 0 Å². The Hall–Kier alpha value is -0.820. The molecular weight excluding hydrogens is 196 g/mol. The van der Waals surface area contributed by atoms with Gasteiger partial charge in [0.1, 0.15) is 0 Å². The third-order valence-corrected chi connectivity index (χ3v) is 3.53. The lowest BCUT2D eigenvalue weighted by Crippen LogP contribution is -2.13. The Balaban J connectivity index is 3.12. The topological polar surface area (TPSA) is 20.2 Å². The summed E-state index contributed by atoms with van der Waals surface area (Å²) in [5.74, 6) is 0.375. The van der Waals surface area contributed by atoms with E-state index in [4.69, 9.17) is 0 Å². The van der Waals surface area contributed by atoms with Crippen molar-refractivity contribution in [3.8, 4) is 0 Å². The van der Waals surface area contributed by atoms with Crippen LogP contribution < -0.4 is 0 Å². The fourth-order valence-electron chi connectivity index (χ4n) is 2.63. The van der Waals surface area contributed by atoms with Crippen LogP contribution in [0.5, 0.6) is 0 Å². The molecule has 90 valence electrons. The molecule has 0 bridgehead atoms. The van der Waals surface area contributed by atoms with Crippen molar-refractivity contribution in [2.45, 2.75) is 53.6 Å². The maximum atomic E-state index is 10.4. The summed E-state index contributed by atoms with van der Waals surface area (Å²) in [5, 5.41) is 10.4. The maximum Gasteiger partial charge on any atom is 0.0823 e. The zero-order valence-electron chi connectivity index (χ0n) is 11.2. The van der Waals surface area contributed by atoms with Gasteiger partial charge in [-0.1, -0.05) is 44.4 Å². The van der Waals surface area contributed by atoms with Crippen molar-refractivity contribution in [2.24, 2.45) is 5.92 Å². The third-order valence-electron chi connectivity index (χ3n) is 3.53. The zero-order chi connectivity index (χ0) is 12.3. The molecule has 1 N–H and O–H groups in total. The largest absolute Gasteiger partial charge is 0.388 e. The number of aryl methyl sites for hydroxylation is 3. The number of aliphatic hydroxyl groups excluding tert-OH is 1. The fourth-order valence-corrected chi connectivity index (χ4v) is 2.63. The molecule has 0 saturated carbocycles. The Kier molecular flexibility index (Phi) is 4.55. The average molecular weight is 220 g/mol. The fraction of sp³-hybridized carbons (Fsp3) is 0.600. The van der Waals surface area contributed by atoms with E-state index in [2.05, 4.69) is 46.8 Å². The normalized spacial score (nSPS) is 13.2. The SMILES string of the molecule is CCC(CC)C(O)c1c(C)cc(C)cc1C. The average Bonchev–Trinajstić information content (AvgIpc) is 2.17. The molecule has 0 heterocycles. The molecule has 0 fully saturated rings. The highest BCUT2D eigenvalue weighted by molar-refractivity contribution is 5.39. The Morgan fingerprint density at radius 2 is 1.44 bits per heavy atom. The van der Waals surface area contributed by atoms with E-state index >= 15 is 0 Å². The van der Waals surface area contributed by atoms with Gasteiger partial charge in [0, 0.05) is 0 Å². The van der Waals surface area contributed by atoms with Gasteiger partial charge in [-0.05, 0) is 43.4 Å². The maximum absolute atomic E-state index is 10.4. The molecule has 1 aromatic rings. The summed E-state index contributed by atoms with van der Waals surface area (Å²) in [6, 6.07) is 4.32. The number of benzene rings is 1. The molecule has 0 aliphatic heterocycles. The second-order valence-corrected chi connectivity index (χ2v) is 4.83. The molecule has 0 spiro atoms. The zero-order valence-corrected chi connectivity index (χ0v) is 11.2. The highest BCUT2D eigenvalue weighted by Crippen LogP contribution is 2.32. The minimum Gasteiger partial charge on any atom is -0.388 e. The van der Waals surface area contributed by atoms with E-state index < -0.39 is 0 Å². The van der Waals surface area contributed by atoms with Gasteiger partial charge in [0.05, 0.1) is 6.10 Å². The van der Waals surface area contributed by atoms with Crippen LogP contribution in [-0.4, -0.2) is 5.11 Å². The van der Waals surface area contributed by atoms with Gasteiger partial charge in [-0.2, -0.15) is 0 Å². The van der Waals surface area contributed by atoms with Crippen LogP contribution in [0.15, 0.2) is 12.1 Å². The molecule has 0 radical (unpaired) electrons. The van der Waals surface area contributed by atoms with Crippen molar-refractivity contribution in [3.63, 3.8) is 0 Å². The van der Waals surface area contributed by atoms with E-state index in [-0.39, 0.29) is 6.10 Å². The van der Waals surface area contributed by atoms with Crippen molar-refractivity contribution in [1.82, 2.24) is 0 Å². The Labute approximate surface area is 99.5 Å². The molecule has 1 aromatic carbocycles. The van der Waals surface area contributed by atoms with Crippen molar-refractivity contribution in [1.29, 1.82) is 0 Å². The Bertz CT molecular complexity index is 327. The standard InChI is InChI=1S/C15H24O/c1-6-13(7-2)15(16)14-11(4)8-10(3)9-12(14)5/h8-9,13,15-16H,6-7H2,1-5H3. The molecule has 1 heteroatoms. The van der Waals surface area contributed by atoms with Crippen LogP contribution in [0.1, 0.15) is 55.0 Å². The van der Waals surface area contributed by atoms with Crippen molar-refractivity contribution < 1.29 is 5.11 Å². The molecule has 1 unspecified atom stereocenters. The van der Waals surface area contributed by atoms with Crippen LogP contribution in [0, 0.1) is 26.7 Å². The highest BCUT2D eigenvalue weighted by atomic mass is 16.3. The number of hydrogen-bond acceptors (Lipinski definition) is 1. The van der Waals surface area contributed by atoms with Gasteiger partial charge in [-0.15, -0.1) is 0 Å². The predicted octanol–water partition coefficient (Wildman–Crippen LogP) is 4.08. The van der Waals surface area contributed by atoms with Crippen molar-refractivity contribution >= 4 is 0 Å². The molecule has 1 nitrogen and oxygen atoms in total. The minimum absolute atomic E-state index is 0.310. The lowest BCUT2D eigenvalue weighted by atomic mass is 9.86. The molecule has 0 aromatic heterocycles. The first-order chi connectivity index (χ1) is 7.51. The number of aliphatic hydroxyl groups is 1. The number of rotatable bonds is 4. The molecule has 1 atom stereocenters. The van der Waals surface area contributed by atoms with Gasteiger partial charge in [-0.25, -0.2) is 0 Å². The summed E-state index contributed by atoms with van der Waals surface area (Å²) >= 11 is 0. The van der Waals surface area contributed by atoms with Crippen molar-refractivity contribution in [3.05, 3.63) is 34.4 Å². The van der Waals surface area contributed by atoms with Gasteiger partial charge < -0.3 is 5.11 Å². The third kappa shape index (κ3) is 2.65. The minimum atomic E-state index is -0.310. The molecule has 0 aliphatic rings. The molecule has 0 saturated heterocycles. The molecule has 16 heavy (non-hydrogen) atoms. The van der Waals surface area contributed by atoms with E-state index in [0.29, 0.717) is 5.92 Å². The second-order valence-electron chi connectivity index (χ2n) is 4.83. The number of hydrogen-bond donors (Lipinski definition) is 1. The Morgan fingerprint density at radius 1 is 1.00 bits per heavy atom. The quantitative estimate of drug-likeness (QED) is 0.810. The summed E-state index contributed by atoms with van der Waals surface area (Å²) < 4.78 is 0. The first-order valence-electron chi connectivity index (χ1n) is 6.27. The van der Waals surface area contributed by atoms with Gasteiger partial charge in [-0.3, -0.25) is 0 Å². The first-order valence-corrected chi connectivity index (χ1v) is 6.27. The van der Waals surface area contributed by atoms with Gasteiger partial charge in [0.2, 0.25) is 0 Å². The summed E-state index contributed by atoms with van der Waals surface area (Å²) in [5.41, 5.74) is 4.85. The van der Waals surface area contributed by atoms with Crippen LogP contribution in [0.4, 0.5) is 0 Å². The van der Waals surface area contributed by atoms with Gasteiger partial charge >= 0.3 is 0 Å². The molecule has 1 rings (SSSR count). The molecular formula is C15H24O. The lowest BCUT2D eigenvalue weighted by molar-refractivity contribution is 0.102. The van der Waals surface area contributed by atoms with Gasteiger partial charge in [0.15, 0.2) is 0 Å². The second kappa shape index (κ2) is 5.49. The van der Waals surface area contributed by atoms with E-state index in [9.17, 15) is 5.11 Å². The van der Waals surface area contributed by atoms with Gasteiger partial charge in [0.25, 0.3) is 0 Å². The first kappa shape index (κ1) is 13.2. The molecule has 0 amide bonds. The van der Waals surface area contributed by atoms with Crippen LogP contribution in [0.3, 0.4) is 0 Å². The monoisotopic (exact) mass is 220 g/mol. The van der Waals surface area contributed by atoms with Crippen molar-refractivity contribution in [2.75, 3.05) is 0 Å². The summed E-state index contributed by atoms with van der Waals surface area (Å²) in [4.78, 5) is 0. The highest BCUT2D eigenvalue weighted by Gasteiger charge is 2.20. The van der Waals surface area contributed by atoms with E-state index in [1.807, 2.05) is 0 Å². The molecule has 0 aliphatic carbocycles. The summed E-state index contributed by atoms with van der Waals surface area (Å²) in [6.45, 7) is 10.6. The predicted molar refractivity (Wildman–Crippen MR) is 69.7 cm³/mol. The van der Waals surface area contributed by atoms with Crippen LogP contribution in [0.2, 0.25) is 0 Å².